The topological polar surface area (TPSA) is 29.6 Å². The van der Waals surface area contributed by atoms with Crippen LogP contribution in [0.3, 0.4) is 0 Å². The summed E-state index contributed by atoms with van der Waals surface area (Å²) in [5.74, 6) is 0.736. The van der Waals surface area contributed by atoms with Gasteiger partial charge in [-0.05, 0) is 12.8 Å². The average Bonchev–Trinajstić information content (AvgIpc) is 2.38. The summed E-state index contributed by atoms with van der Waals surface area (Å²) in [5.41, 5.74) is -0.0584. The van der Waals surface area contributed by atoms with Gasteiger partial charge < -0.3 is 4.74 Å². The van der Waals surface area contributed by atoms with Crippen molar-refractivity contribution in [3.63, 3.8) is 0 Å². The predicted octanol–water partition coefficient (Wildman–Crippen LogP) is 0.753. The molecule has 0 amide bonds. The smallest absolute Gasteiger partial charge is 0.164 e. The molecule has 1 saturated carbocycles. The Bertz CT molecular complexity index is 176. The van der Waals surface area contributed by atoms with Gasteiger partial charge in [-0.15, -0.1) is 0 Å². The van der Waals surface area contributed by atoms with Crippen molar-refractivity contribution in [3.05, 3.63) is 0 Å². The van der Waals surface area contributed by atoms with E-state index in [4.69, 9.17) is 4.74 Å². The van der Waals surface area contributed by atoms with Crippen molar-refractivity contribution in [2.45, 2.75) is 32.0 Å². The number of rotatable bonds is 0. The highest BCUT2D eigenvalue weighted by Crippen LogP contribution is 2.50. The monoisotopic (exact) mass is 126 g/mol. The third kappa shape index (κ3) is 0.472. The van der Waals surface area contributed by atoms with Gasteiger partial charge >= 0.3 is 0 Å². The summed E-state index contributed by atoms with van der Waals surface area (Å²) < 4.78 is 5.22. The molecule has 0 aromatic heterocycles. The Kier molecular flexibility index (Phi) is 0.730. The zero-order valence-electron chi connectivity index (χ0n) is 5.68. The first-order valence-corrected chi connectivity index (χ1v) is 3.35. The van der Waals surface area contributed by atoms with Gasteiger partial charge in [0, 0.05) is 6.42 Å². The molecule has 2 aliphatic rings. The van der Waals surface area contributed by atoms with E-state index in [0.29, 0.717) is 11.7 Å². The molecule has 1 aliphatic carbocycles. The summed E-state index contributed by atoms with van der Waals surface area (Å²) in [7, 11) is 0. The summed E-state index contributed by atoms with van der Waals surface area (Å²) in [4.78, 5) is 10.9. The largest absolute Gasteiger partial charge is 0.358 e. The van der Waals surface area contributed by atoms with E-state index in [1.54, 1.807) is 0 Å². The fourth-order valence-corrected chi connectivity index (χ4v) is 1.59. The standard InChI is InChI=1S/C7H10O2/c1-4-3-5(8)6-7(4,2)9-6/h4,6H,3H2,1-2H3. The maximum atomic E-state index is 10.9. The van der Waals surface area contributed by atoms with Crippen molar-refractivity contribution in [1.29, 1.82) is 0 Å². The molecule has 1 aliphatic heterocycles. The fourth-order valence-electron chi connectivity index (χ4n) is 1.59. The molecule has 1 heterocycles. The first-order valence-electron chi connectivity index (χ1n) is 3.35. The molecule has 0 spiro atoms. The van der Waals surface area contributed by atoms with Crippen LogP contribution in [0, 0.1) is 5.92 Å². The van der Waals surface area contributed by atoms with E-state index in [-0.39, 0.29) is 11.7 Å². The first-order chi connectivity index (χ1) is 4.14. The number of Topliss-reactive ketones (excluding diaryl/α,β-unsaturated/α-hetero) is 1. The van der Waals surface area contributed by atoms with Crippen molar-refractivity contribution in [1.82, 2.24) is 0 Å². The van der Waals surface area contributed by atoms with E-state index in [0.717, 1.165) is 6.42 Å². The van der Waals surface area contributed by atoms with Gasteiger partial charge in [-0.2, -0.15) is 0 Å². The van der Waals surface area contributed by atoms with Gasteiger partial charge in [0.1, 0.15) is 11.7 Å². The van der Waals surface area contributed by atoms with E-state index < -0.39 is 0 Å². The van der Waals surface area contributed by atoms with Crippen LogP contribution in [0.4, 0.5) is 0 Å². The molecule has 0 radical (unpaired) electrons. The van der Waals surface area contributed by atoms with Crippen molar-refractivity contribution in [2.24, 2.45) is 5.92 Å². The molecule has 2 heteroatoms. The van der Waals surface area contributed by atoms with Crippen molar-refractivity contribution >= 4 is 5.78 Å². The highest BCUT2D eigenvalue weighted by atomic mass is 16.6. The number of fused-ring (bicyclic) bond motifs is 1. The van der Waals surface area contributed by atoms with Gasteiger partial charge in [0.2, 0.25) is 0 Å². The molecule has 0 bridgehead atoms. The zero-order valence-corrected chi connectivity index (χ0v) is 5.68. The molecule has 0 N–H and O–H groups in total. The third-order valence-corrected chi connectivity index (χ3v) is 2.61. The maximum Gasteiger partial charge on any atom is 0.164 e. The summed E-state index contributed by atoms with van der Waals surface area (Å²) in [6, 6.07) is 0. The van der Waals surface area contributed by atoms with E-state index in [1.807, 2.05) is 6.92 Å². The van der Waals surface area contributed by atoms with E-state index >= 15 is 0 Å². The van der Waals surface area contributed by atoms with Crippen LogP contribution in [0.15, 0.2) is 0 Å². The number of hydrogen-bond acceptors (Lipinski definition) is 2. The molecular weight excluding hydrogens is 116 g/mol. The Morgan fingerprint density at radius 2 is 2.44 bits per heavy atom. The minimum atomic E-state index is -0.0584. The number of ketones is 1. The Labute approximate surface area is 54.2 Å². The molecule has 3 unspecified atom stereocenters. The van der Waals surface area contributed by atoms with Gasteiger partial charge in [0.25, 0.3) is 0 Å². The second-order valence-electron chi connectivity index (χ2n) is 3.25. The molecule has 0 aromatic rings. The SMILES string of the molecule is CC1CC(=O)C2OC12C. The Morgan fingerprint density at radius 3 is 2.56 bits per heavy atom. The lowest BCUT2D eigenvalue weighted by molar-refractivity contribution is -0.120. The average molecular weight is 126 g/mol. The molecular formula is C7H10O2. The van der Waals surface area contributed by atoms with Crippen LogP contribution in [0.5, 0.6) is 0 Å². The summed E-state index contributed by atoms with van der Waals surface area (Å²) in [5, 5.41) is 0. The van der Waals surface area contributed by atoms with Crippen molar-refractivity contribution in [2.75, 3.05) is 0 Å². The van der Waals surface area contributed by atoms with Crippen LogP contribution in [-0.2, 0) is 9.53 Å². The summed E-state index contributed by atoms with van der Waals surface area (Å²) in [6.07, 6.45) is 0.689. The molecule has 2 rings (SSSR count). The second-order valence-corrected chi connectivity index (χ2v) is 3.25. The Morgan fingerprint density at radius 1 is 1.78 bits per heavy atom. The van der Waals surface area contributed by atoms with Crippen molar-refractivity contribution in [3.8, 4) is 0 Å². The summed E-state index contributed by atoms with van der Waals surface area (Å²) >= 11 is 0. The second kappa shape index (κ2) is 1.21. The molecule has 50 valence electrons. The van der Waals surface area contributed by atoms with Crippen molar-refractivity contribution < 1.29 is 9.53 Å². The number of carbonyl (C=O) groups excluding carboxylic acids is 1. The van der Waals surface area contributed by atoms with E-state index in [2.05, 4.69) is 6.92 Å². The van der Waals surface area contributed by atoms with Gasteiger partial charge in [-0.25, -0.2) is 0 Å². The third-order valence-electron chi connectivity index (χ3n) is 2.61. The molecule has 9 heavy (non-hydrogen) atoms. The van der Waals surface area contributed by atoms with Gasteiger partial charge in [0.15, 0.2) is 5.78 Å². The molecule has 0 aromatic carbocycles. The van der Waals surface area contributed by atoms with Crippen LogP contribution >= 0.6 is 0 Å². The Balaban J connectivity index is 2.28. The minimum Gasteiger partial charge on any atom is -0.358 e. The van der Waals surface area contributed by atoms with Crippen LogP contribution in [0.2, 0.25) is 0 Å². The van der Waals surface area contributed by atoms with E-state index in [1.165, 1.54) is 0 Å². The number of ether oxygens (including phenoxy) is 1. The first kappa shape index (κ1) is 5.42. The molecule has 2 fully saturated rings. The predicted molar refractivity (Wildman–Crippen MR) is 32.1 cm³/mol. The number of hydrogen-bond donors (Lipinski definition) is 0. The zero-order chi connectivity index (χ0) is 6.65. The van der Waals surface area contributed by atoms with Crippen LogP contribution in [0.1, 0.15) is 20.3 Å². The van der Waals surface area contributed by atoms with E-state index in [9.17, 15) is 4.79 Å². The maximum absolute atomic E-state index is 10.9. The van der Waals surface area contributed by atoms with Crippen LogP contribution < -0.4 is 0 Å². The lowest BCUT2D eigenvalue weighted by Crippen LogP contribution is -2.12. The van der Waals surface area contributed by atoms with Crippen LogP contribution in [0.25, 0.3) is 0 Å². The lowest BCUT2D eigenvalue weighted by atomic mass is 10.00. The van der Waals surface area contributed by atoms with Crippen LogP contribution in [-0.4, -0.2) is 17.5 Å². The van der Waals surface area contributed by atoms with Gasteiger partial charge in [-0.1, -0.05) is 6.92 Å². The number of epoxide rings is 1. The minimum absolute atomic E-state index is 0.0347. The normalized spacial score (nSPS) is 55.6. The highest BCUT2D eigenvalue weighted by molar-refractivity contribution is 5.90. The lowest BCUT2D eigenvalue weighted by Gasteiger charge is -2.06. The highest BCUT2D eigenvalue weighted by Gasteiger charge is 2.65. The van der Waals surface area contributed by atoms with Gasteiger partial charge in [0.05, 0.1) is 0 Å². The van der Waals surface area contributed by atoms with Gasteiger partial charge in [-0.3, -0.25) is 4.79 Å². The molecule has 2 nitrogen and oxygen atoms in total. The molecule has 3 atom stereocenters. The number of carbonyl (C=O) groups is 1. The summed E-state index contributed by atoms with van der Waals surface area (Å²) in [6.45, 7) is 4.10. The molecule has 1 saturated heterocycles. The Hall–Kier alpha value is -0.370. The quantitative estimate of drug-likeness (QED) is 0.448. The fraction of sp³-hybridized carbons (Fsp3) is 0.857.